The molecular formula is C8H9NOS. The number of ketones is 1. The minimum atomic E-state index is 0.0234. The van der Waals surface area contributed by atoms with E-state index >= 15 is 0 Å². The van der Waals surface area contributed by atoms with Gasteiger partial charge in [-0.3, -0.25) is 4.79 Å². The smallest absolute Gasteiger partial charge is 0.161 e. The molecule has 0 bridgehead atoms. The number of carbonyl (C=O) groups excluding carboxylic acids is 1. The van der Waals surface area contributed by atoms with Crippen LogP contribution in [-0.4, -0.2) is 10.8 Å². The summed E-state index contributed by atoms with van der Waals surface area (Å²) in [6, 6.07) is 0. The first kappa shape index (κ1) is 8.14. The summed E-state index contributed by atoms with van der Waals surface area (Å²) in [4.78, 5) is 15.0. The third-order valence-corrected chi connectivity index (χ3v) is 2.07. The zero-order valence-corrected chi connectivity index (χ0v) is 7.15. The molecule has 1 aromatic rings. The van der Waals surface area contributed by atoms with Crippen molar-refractivity contribution in [3.8, 4) is 0 Å². The van der Waals surface area contributed by atoms with E-state index in [1.54, 1.807) is 11.3 Å². The Morgan fingerprint density at radius 2 is 2.64 bits per heavy atom. The summed E-state index contributed by atoms with van der Waals surface area (Å²) in [7, 11) is 0. The molecule has 1 rings (SSSR count). The highest BCUT2D eigenvalue weighted by atomic mass is 32.1. The molecule has 0 saturated heterocycles. The molecule has 0 saturated carbocycles. The van der Waals surface area contributed by atoms with Crippen LogP contribution in [0.1, 0.15) is 10.7 Å². The largest absolute Gasteiger partial charge is 0.294 e. The van der Waals surface area contributed by atoms with Crippen LogP contribution in [0.3, 0.4) is 0 Å². The van der Waals surface area contributed by atoms with E-state index in [0.29, 0.717) is 6.42 Å². The molecule has 0 aliphatic heterocycles. The lowest BCUT2D eigenvalue weighted by Gasteiger charge is -1.87. The van der Waals surface area contributed by atoms with E-state index in [4.69, 9.17) is 0 Å². The second-order valence-corrected chi connectivity index (χ2v) is 3.27. The molecule has 0 spiro atoms. The minimum Gasteiger partial charge on any atom is -0.294 e. The van der Waals surface area contributed by atoms with E-state index in [2.05, 4.69) is 11.6 Å². The topological polar surface area (TPSA) is 30.0 Å². The maximum atomic E-state index is 10.8. The number of carbonyl (C=O) groups is 1. The van der Waals surface area contributed by atoms with Crippen LogP contribution in [0, 0.1) is 6.92 Å². The van der Waals surface area contributed by atoms with Gasteiger partial charge in [0.05, 0.1) is 17.1 Å². The molecule has 2 nitrogen and oxygen atoms in total. The number of allylic oxidation sites excluding steroid dienone is 1. The molecule has 0 N–H and O–H groups in total. The van der Waals surface area contributed by atoms with Gasteiger partial charge < -0.3 is 0 Å². The van der Waals surface area contributed by atoms with Gasteiger partial charge in [0.1, 0.15) is 0 Å². The predicted molar refractivity (Wildman–Crippen MR) is 45.8 cm³/mol. The van der Waals surface area contributed by atoms with E-state index in [1.165, 1.54) is 6.08 Å². The minimum absolute atomic E-state index is 0.0234. The standard InChI is InChI=1S/C8H9NOS/c1-3-8(10)4-7-5-11-6(2)9-7/h3,5H,1,4H2,2H3. The summed E-state index contributed by atoms with van der Waals surface area (Å²) in [5, 5.41) is 2.90. The molecule has 0 unspecified atom stereocenters. The van der Waals surface area contributed by atoms with Crippen LogP contribution in [-0.2, 0) is 11.2 Å². The maximum absolute atomic E-state index is 10.8. The Kier molecular flexibility index (Phi) is 2.54. The molecule has 1 heterocycles. The normalized spacial score (nSPS) is 9.55. The van der Waals surface area contributed by atoms with E-state index in [-0.39, 0.29) is 5.78 Å². The molecule has 0 amide bonds. The molecule has 0 radical (unpaired) electrons. The zero-order chi connectivity index (χ0) is 8.27. The summed E-state index contributed by atoms with van der Waals surface area (Å²) >= 11 is 1.56. The molecule has 0 atom stereocenters. The monoisotopic (exact) mass is 167 g/mol. The van der Waals surface area contributed by atoms with Crippen LogP contribution in [0.15, 0.2) is 18.0 Å². The molecule has 0 aromatic carbocycles. The van der Waals surface area contributed by atoms with Gasteiger partial charge in [0, 0.05) is 5.38 Å². The molecular weight excluding hydrogens is 158 g/mol. The number of hydrogen-bond acceptors (Lipinski definition) is 3. The van der Waals surface area contributed by atoms with Crippen molar-refractivity contribution < 1.29 is 4.79 Å². The molecule has 1 aromatic heterocycles. The van der Waals surface area contributed by atoms with Gasteiger partial charge in [0.2, 0.25) is 0 Å². The highest BCUT2D eigenvalue weighted by molar-refractivity contribution is 7.09. The van der Waals surface area contributed by atoms with Gasteiger partial charge in [-0.1, -0.05) is 6.58 Å². The summed E-state index contributed by atoms with van der Waals surface area (Å²) in [6.07, 6.45) is 1.71. The second kappa shape index (κ2) is 3.44. The van der Waals surface area contributed by atoms with Crippen molar-refractivity contribution in [1.29, 1.82) is 0 Å². The highest BCUT2D eigenvalue weighted by Crippen LogP contribution is 2.08. The summed E-state index contributed by atoms with van der Waals surface area (Å²) in [5.74, 6) is 0.0234. The predicted octanol–water partition coefficient (Wildman–Crippen LogP) is 1.75. The van der Waals surface area contributed by atoms with Gasteiger partial charge in [-0.15, -0.1) is 11.3 Å². The molecule has 0 fully saturated rings. The second-order valence-electron chi connectivity index (χ2n) is 2.21. The fourth-order valence-corrected chi connectivity index (χ4v) is 1.35. The first-order valence-corrected chi connectivity index (χ1v) is 4.16. The first-order chi connectivity index (χ1) is 5.22. The zero-order valence-electron chi connectivity index (χ0n) is 6.33. The summed E-state index contributed by atoms with van der Waals surface area (Å²) < 4.78 is 0. The van der Waals surface area contributed by atoms with Crippen LogP contribution >= 0.6 is 11.3 Å². The van der Waals surface area contributed by atoms with Crippen LogP contribution in [0.5, 0.6) is 0 Å². The highest BCUT2D eigenvalue weighted by Gasteiger charge is 2.01. The van der Waals surface area contributed by atoms with Crippen molar-refractivity contribution >= 4 is 17.1 Å². The molecule has 3 heteroatoms. The van der Waals surface area contributed by atoms with Crippen LogP contribution in [0.2, 0.25) is 0 Å². The van der Waals surface area contributed by atoms with Gasteiger partial charge in [0.15, 0.2) is 5.78 Å². The Balaban J connectivity index is 2.64. The fraction of sp³-hybridized carbons (Fsp3) is 0.250. The van der Waals surface area contributed by atoms with Crippen molar-refractivity contribution in [2.45, 2.75) is 13.3 Å². The maximum Gasteiger partial charge on any atom is 0.161 e. The quantitative estimate of drug-likeness (QED) is 0.642. The lowest BCUT2D eigenvalue weighted by Crippen LogP contribution is -1.97. The molecule has 0 aliphatic rings. The third-order valence-electron chi connectivity index (χ3n) is 1.25. The average Bonchev–Trinajstić information content (AvgIpc) is 2.35. The SMILES string of the molecule is C=CC(=O)Cc1csc(C)n1. The molecule has 11 heavy (non-hydrogen) atoms. The number of thiazole rings is 1. The Labute approximate surface area is 69.6 Å². The van der Waals surface area contributed by atoms with Crippen molar-refractivity contribution in [3.63, 3.8) is 0 Å². The fourth-order valence-electron chi connectivity index (χ4n) is 0.740. The number of aryl methyl sites for hydroxylation is 1. The number of hydrogen-bond donors (Lipinski definition) is 0. The number of nitrogens with zero attached hydrogens (tertiary/aromatic N) is 1. The lowest BCUT2D eigenvalue weighted by molar-refractivity contribution is -0.114. The van der Waals surface area contributed by atoms with Crippen molar-refractivity contribution in [3.05, 3.63) is 28.7 Å². The number of rotatable bonds is 3. The van der Waals surface area contributed by atoms with Gasteiger partial charge in [-0.25, -0.2) is 4.98 Å². The van der Waals surface area contributed by atoms with Crippen molar-refractivity contribution in [2.24, 2.45) is 0 Å². The van der Waals surface area contributed by atoms with E-state index in [9.17, 15) is 4.79 Å². The Morgan fingerprint density at radius 3 is 3.09 bits per heavy atom. The van der Waals surface area contributed by atoms with E-state index < -0.39 is 0 Å². The first-order valence-electron chi connectivity index (χ1n) is 3.28. The van der Waals surface area contributed by atoms with Crippen LogP contribution in [0.4, 0.5) is 0 Å². The molecule has 58 valence electrons. The Morgan fingerprint density at radius 1 is 1.91 bits per heavy atom. The van der Waals surface area contributed by atoms with E-state index in [0.717, 1.165) is 10.7 Å². The van der Waals surface area contributed by atoms with Gasteiger partial charge in [-0.05, 0) is 13.0 Å². The van der Waals surface area contributed by atoms with Crippen LogP contribution in [0.25, 0.3) is 0 Å². The van der Waals surface area contributed by atoms with Crippen molar-refractivity contribution in [2.75, 3.05) is 0 Å². The summed E-state index contributed by atoms with van der Waals surface area (Å²) in [6.45, 7) is 5.31. The lowest BCUT2D eigenvalue weighted by atomic mass is 10.2. The molecule has 0 aliphatic carbocycles. The third kappa shape index (κ3) is 2.27. The van der Waals surface area contributed by atoms with Gasteiger partial charge >= 0.3 is 0 Å². The van der Waals surface area contributed by atoms with Crippen molar-refractivity contribution in [1.82, 2.24) is 4.98 Å². The Hall–Kier alpha value is -0.960. The average molecular weight is 167 g/mol. The van der Waals surface area contributed by atoms with Gasteiger partial charge in [-0.2, -0.15) is 0 Å². The van der Waals surface area contributed by atoms with Crippen LogP contribution < -0.4 is 0 Å². The van der Waals surface area contributed by atoms with Gasteiger partial charge in [0.25, 0.3) is 0 Å². The number of aromatic nitrogens is 1. The Bertz CT molecular complexity index is 277. The van der Waals surface area contributed by atoms with E-state index in [1.807, 2.05) is 12.3 Å². The summed E-state index contributed by atoms with van der Waals surface area (Å²) in [5.41, 5.74) is 0.845.